The second kappa shape index (κ2) is 7.56. The van der Waals surface area contributed by atoms with Gasteiger partial charge in [-0.25, -0.2) is 0 Å². The lowest BCUT2D eigenvalue weighted by Crippen LogP contribution is -2.41. The van der Waals surface area contributed by atoms with Crippen LogP contribution in [0.25, 0.3) is 0 Å². The van der Waals surface area contributed by atoms with Gasteiger partial charge in [0, 0.05) is 18.0 Å². The molecular weight excluding hydrogens is 256 g/mol. The first-order valence-corrected chi connectivity index (χ1v) is 7.88. The van der Waals surface area contributed by atoms with Crippen LogP contribution in [0.1, 0.15) is 12.8 Å². The lowest BCUT2D eigenvalue weighted by Gasteiger charge is -2.31. The highest BCUT2D eigenvalue weighted by molar-refractivity contribution is 8.00. The smallest absolute Gasteiger partial charge is 0.232 e. The van der Waals surface area contributed by atoms with Crippen LogP contribution in [-0.4, -0.2) is 43.2 Å². The number of thioether (sulfide) groups is 1. The average Bonchev–Trinajstić information content (AvgIpc) is 2.47. The molecule has 19 heavy (non-hydrogen) atoms. The first kappa shape index (κ1) is 14.4. The fourth-order valence-electron chi connectivity index (χ4n) is 2.43. The molecule has 0 bridgehead atoms. The molecule has 1 aromatic rings. The molecule has 0 radical (unpaired) electrons. The number of carbonyl (C=O) groups excluding carboxylic acids is 1. The van der Waals surface area contributed by atoms with E-state index in [0.717, 1.165) is 38.4 Å². The Morgan fingerprint density at radius 2 is 2.00 bits per heavy atom. The van der Waals surface area contributed by atoms with E-state index in [1.807, 2.05) is 30.1 Å². The van der Waals surface area contributed by atoms with Crippen molar-refractivity contribution >= 4 is 17.7 Å². The van der Waals surface area contributed by atoms with Crippen LogP contribution in [-0.2, 0) is 4.79 Å². The Morgan fingerprint density at radius 3 is 2.63 bits per heavy atom. The van der Waals surface area contributed by atoms with Crippen LogP contribution in [0.5, 0.6) is 0 Å². The topological polar surface area (TPSA) is 32.3 Å². The summed E-state index contributed by atoms with van der Waals surface area (Å²) in [6.45, 7) is 2.90. The van der Waals surface area contributed by atoms with Gasteiger partial charge in [0.25, 0.3) is 0 Å². The summed E-state index contributed by atoms with van der Waals surface area (Å²) in [5.41, 5.74) is 0. The minimum Gasteiger partial charge on any atom is -0.342 e. The van der Waals surface area contributed by atoms with Crippen molar-refractivity contribution in [1.29, 1.82) is 0 Å². The monoisotopic (exact) mass is 278 g/mol. The predicted octanol–water partition coefficient (Wildman–Crippen LogP) is 2.24. The number of hydrogen-bond donors (Lipinski definition) is 1. The number of hydrogen-bond acceptors (Lipinski definition) is 3. The SMILES string of the molecule is CNCC1CCN(C(=O)CSc2ccccc2)CC1. The van der Waals surface area contributed by atoms with E-state index in [9.17, 15) is 4.79 Å². The van der Waals surface area contributed by atoms with E-state index >= 15 is 0 Å². The van der Waals surface area contributed by atoms with Gasteiger partial charge in [0.15, 0.2) is 0 Å². The van der Waals surface area contributed by atoms with Gasteiger partial charge in [-0.3, -0.25) is 4.79 Å². The molecule has 3 nitrogen and oxygen atoms in total. The van der Waals surface area contributed by atoms with Gasteiger partial charge < -0.3 is 10.2 Å². The normalized spacial score (nSPS) is 16.6. The van der Waals surface area contributed by atoms with Gasteiger partial charge in [0.05, 0.1) is 5.75 Å². The zero-order chi connectivity index (χ0) is 13.5. The molecular formula is C15H22N2OS. The summed E-state index contributed by atoms with van der Waals surface area (Å²) in [4.78, 5) is 15.3. The van der Waals surface area contributed by atoms with Gasteiger partial charge in [-0.05, 0) is 44.5 Å². The third kappa shape index (κ3) is 4.55. The lowest BCUT2D eigenvalue weighted by atomic mass is 9.97. The molecule has 1 aliphatic heterocycles. The van der Waals surface area contributed by atoms with Crippen molar-refractivity contribution in [2.24, 2.45) is 5.92 Å². The summed E-state index contributed by atoms with van der Waals surface area (Å²) in [6, 6.07) is 10.1. The number of piperidine rings is 1. The largest absolute Gasteiger partial charge is 0.342 e. The van der Waals surface area contributed by atoms with E-state index in [-0.39, 0.29) is 5.91 Å². The molecule has 0 atom stereocenters. The molecule has 0 aromatic heterocycles. The second-order valence-corrected chi connectivity index (χ2v) is 6.03. The van der Waals surface area contributed by atoms with E-state index < -0.39 is 0 Å². The molecule has 0 unspecified atom stereocenters. The number of benzene rings is 1. The van der Waals surface area contributed by atoms with Crippen LogP contribution in [0.4, 0.5) is 0 Å². The number of nitrogens with zero attached hydrogens (tertiary/aromatic N) is 1. The van der Waals surface area contributed by atoms with Crippen LogP contribution in [0.15, 0.2) is 35.2 Å². The molecule has 1 aliphatic rings. The van der Waals surface area contributed by atoms with Gasteiger partial charge in [0.1, 0.15) is 0 Å². The van der Waals surface area contributed by atoms with Crippen LogP contribution >= 0.6 is 11.8 Å². The van der Waals surface area contributed by atoms with Crippen molar-refractivity contribution < 1.29 is 4.79 Å². The van der Waals surface area contributed by atoms with Crippen molar-refractivity contribution in [1.82, 2.24) is 10.2 Å². The summed E-state index contributed by atoms with van der Waals surface area (Å²) < 4.78 is 0. The summed E-state index contributed by atoms with van der Waals surface area (Å²) in [6.07, 6.45) is 2.26. The maximum absolute atomic E-state index is 12.1. The number of likely N-dealkylation sites (tertiary alicyclic amines) is 1. The van der Waals surface area contributed by atoms with E-state index in [1.54, 1.807) is 11.8 Å². The standard InChI is InChI=1S/C15H22N2OS/c1-16-11-13-7-9-17(10-8-13)15(18)12-19-14-5-3-2-4-6-14/h2-6,13,16H,7-12H2,1H3. The minimum absolute atomic E-state index is 0.275. The van der Waals surface area contributed by atoms with Gasteiger partial charge in [-0.1, -0.05) is 18.2 Å². The number of carbonyl (C=O) groups is 1. The maximum Gasteiger partial charge on any atom is 0.232 e. The molecule has 1 fully saturated rings. The molecule has 1 saturated heterocycles. The van der Waals surface area contributed by atoms with E-state index in [4.69, 9.17) is 0 Å². The Bertz CT molecular complexity index is 388. The molecule has 1 amide bonds. The quantitative estimate of drug-likeness (QED) is 0.838. The third-order valence-corrected chi connectivity index (χ3v) is 4.56. The highest BCUT2D eigenvalue weighted by Crippen LogP contribution is 2.20. The van der Waals surface area contributed by atoms with Crippen molar-refractivity contribution in [3.63, 3.8) is 0 Å². The zero-order valence-electron chi connectivity index (χ0n) is 11.5. The van der Waals surface area contributed by atoms with Crippen LogP contribution < -0.4 is 5.32 Å². The summed E-state index contributed by atoms with van der Waals surface area (Å²) >= 11 is 1.63. The Hall–Kier alpha value is -1.00. The van der Waals surface area contributed by atoms with Crippen molar-refractivity contribution in [3.8, 4) is 0 Å². The minimum atomic E-state index is 0.275. The van der Waals surface area contributed by atoms with Crippen molar-refractivity contribution in [2.75, 3.05) is 32.4 Å². The van der Waals surface area contributed by atoms with E-state index in [0.29, 0.717) is 5.75 Å². The van der Waals surface area contributed by atoms with Crippen LogP contribution in [0.3, 0.4) is 0 Å². The van der Waals surface area contributed by atoms with Crippen LogP contribution in [0.2, 0.25) is 0 Å². The molecule has 104 valence electrons. The summed E-state index contributed by atoms with van der Waals surface area (Å²) in [5.74, 6) is 1.56. The highest BCUT2D eigenvalue weighted by Gasteiger charge is 2.22. The number of nitrogens with one attached hydrogen (secondary N) is 1. The number of amides is 1. The van der Waals surface area contributed by atoms with Gasteiger partial charge in [0.2, 0.25) is 5.91 Å². The fraction of sp³-hybridized carbons (Fsp3) is 0.533. The van der Waals surface area contributed by atoms with E-state index in [1.165, 1.54) is 4.90 Å². The Balaban J connectivity index is 1.73. The molecule has 4 heteroatoms. The molecule has 1 heterocycles. The summed E-state index contributed by atoms with van der Waals surface area (Å²) in [5, 5.41) is 3.22. The van der Waals surface area contributed by atoms with Crippen molar-refractivity contribution in [3.05, 3.63) is 30.3 Å². The number of rotatable bonds is 5. The Kier molecular flexibility index (Phi) is 5.73. The third-order valence-electron chi connectivity index (χ3n) is 3.57. The first-order chi connectivity index (χ1) is 9.29. The maximum atomic E-state index is 12.1. The second-order valence-electron chi connectivity index (χ2n) is 4.98. The van der Waals surface area contributed by atoms with Gasteiger partial charge in [-0.15, -0.1) is 11.8 Å². The molecule has 0 saturated carbocycles. The Labute approximate surface area is 119 Å². The van der Waals surface area contributed by atoms with Gasteiger partial charge in [-0.2, -0.15) is 0 Å². The fourth-order valence-corrected chi connectivity index (χ4v) is 3.25. The Morgan fingerprint density at radius 1 is 1.32 bits per heavy atom. The highest BCUT2D eigenvalue weighted by atomic mass is 32.2. The van der Waals surface area contributed by atoms with Crippen molar-refractivity contribution in [2.45, 2.75) is 17.7 Å². The molecule has 0 aliphatic carbocycles. The molecule has 1 N–H and O–H groups in total. The predicted molar refractivity (Wildman–Crippen MR) is 80.4 cm³/mol. The lowest BCUT2D eigenvalue weighted by molar-refractivity contribution is -0.129. The zero-order valence-corrected chi connectivity index (χ0v) is 12.3. The molecule has 0 spiro atoms. The summed E-state index contributed by atoms with van der Waals surface area (Å²) in [7, 11) is 1.99. The van der Waals surface area contributed by atoms with E-state index in [2.05, 4.69) is 17.4 Å². The van der Waals surface area contributed by atoms with Crippen LogP contribution in [0, 0.1) is 5.92 Å². The average molecular weight is 278 g/mol. The molecule has 2 rings (SSSR count). The molecule has 1 aromatic carbocycles. The van der Waals surface area contributed by atoms with Gasteiger partial charge >= 0.3 is 0 Å². The first-order valence-electron chi connectivity index (χ1n) is 6.90.